The maximum absolute atomic E-state index is 12.6. The maximum Gasteiger partial charge on any atom is 0.325 e. The molecular weight excluding hydrogens is 270 g/mol. The fourth-order valence-corrected chi connectivity index (χ4v) is 2.54. The van der Waals surface area contributed by atoms with E-state index < -0.39 is 5.97 Å². The van der Waals surface area contributed by atoms with E-state index in [1.54, 1.807) is 12.3 Å². The second-order valence-electron chi connectivity index (χ2n) is 4.90. The summed E-state index contributed by atoms with van der Waals surface area (Å²) >= 11 is 0. The van der Waals surface area contributed by atoms with Gasteiger partial charge >= 0.3 is 5.97 Å². The number of aromatic nitrogens is 2. The number of carbonyl (C=O) groups is 1. The first kappa shape index (κ1) is 13.4. The van der Waals surface area contributed by atoms with E-state index in [1.165, 1.54) is 11.7 Å². The number of nitrogens with zero attached hydrogens (tertiary/aromatic N) is 3. The van der Waals surface area contributed by atoms with Crippen LogP contribution < -0.4 is 16.4 Å². The van der Waals surface area contributed by atoms with Crippen LogP contribution in [-0.2, 0) is 16.1 Å². The van der Waals surface area contributed by atoms with Crippen LogP contribution in [0.15, 0.2) is 40.4 Å². The Morgan fingerprint density at radius 1 is 1.48 bits per heavy atom. The molecule has 0 aliphatic carbocycles. The smallest absolute Gasteiger partial charge is 0.325 e. The van der Waals surface area contributed by atoms with Crippen molar-refractivity contribution in [3.8, 4) is 0 Å². The minimum atomic E-state index is -0.476. The second kappa shape index (κ2) is 5.05. The molecule has 0 fully saturated rings. The molecule has 6 heteroatoms. The lowest BCUT2D eigenvalue weighted by atomic mass is 10.2. The van der Waals surface area contributed by atoms with Gasteiger partial charge in [-0.25, -0.2) is 4.99 Å². The molecule has 0 unspecified atom stereocenters. The first-order valence-corrected chi connectivity index (χ1v) is 6.63. The molecule has 0 N–H and O–H groups in total. The predicted molar refractivity (Wildman–Crippen MR) is 77.3 cm³/mol. The van der Waals surface area contributed by atoms with Gasteiger partial charge in [-0.05, 0) is 31.1 Å². The van der Waals surface area contributed by atoms with Crippen molar-refractivity contribution >= 4 is 17.1 Å². The van der Waals surface area contributed by atoms with Crippen LogP contribution in [0, 0.1) is 0 Å². The molecule has 0 spiro atoms. The van der Waals surface area contributed by atoms with Gasteiger partial charge in [0.25, 0.3) is 5.56 Å². The van der Waals surface area contributed by atoms with Crippen LogP contribution >= 0.6 is 0 Å². The summed E-state index contributed by atoms with van der Waals surface area (Å²) in [6.07, 6.45) is 6.18. The minimum absolute atomic E-state index is 0.149. The first-order chi connectivity index (χ1) is 10.1. The van der Waals surface area contributed by atoms with Gasteiger partial charge < -0.3 is 9.14 Å². The van der Waals surface area contributed by atoms with E-state index in [4.69, 9.17) is 0 Å². The van der Waals surface area contributed by atoms with E-state index >= 15 is 0 Å². The molecule has 108 valence electrons. The standard InChI is InChI=1S/C15H15N3O3/c1-10-5-3-7-16-14-13(10)17-8-4-6-11(17)15(20)18(14)9-12(19)21-2/h3-4,6-8H,5,9H2,1-2H3. The molecule has 1 aliphatic heterocycles. The molecule has 6 nitrogen and oxygen atoms in total. The van der Waals surface area contributed by atoms with Gasteiger partial charge in [0.15, 0.2) is 5.49 Å². The number of hydrogen-bond donors (Lipinski definition) is 0. The fraction of sp³-hybridized carbons (Fsp3) is 0.267. The highest BCUT2D eigenvalue weighted by Crippen LogP contribution is 2.02. The summed E-state index contributed by atoms with van der Waals surface area (Å²) in [4.78, 5) is 28.5. The number of hydrogen-bond acceptors (Lipinski definition) is 4. The van der Waals surface area contributed by atoms with E-state index in [9.17, 15) is 9.59 Å². The van der Waals surface area contributed by atoms with Crippen molar-refractivity contribution in [1.82, 2.24) is 8.97 Å². The highest BCUT2D eigenvalue weighted by molar-refractivity contribution is 5.69. The third-order valence-corrected chi connectivity index (χ3v) is 3.57. The van der Waals surface area contributed by atoms with Crippen LogP contribution in [0.1, 0.15) is 13.3 Å². The molecule has 0 bridgehead atoms. The summed E-state index contributed by atoms with van der Waals surface area (Å²) in [5.41, 5.74) is 1.84. The summed E-state index contributed by atoms with van der Waals surface area (Å²) in [5, 5.41) is 0.850. The highest BCUT2D eigenvalue weighted by Gasteiger charge is 2.14. The third-order valence-electron chi connectivity index (χ3n) is 3.57. The van der Waals surface area contributed by atoms with Gasteiger partial charge in [0.05, 0.1) is 12.5 Å². The lowest BCUT2D eigenvalue weighted by Gasteiger charge is -2.09. The average molecular weight is 285 g/mol. The van der Waals surface area contributed by atoms with Gasteiger partial charge in [-0.15, -0.1) is 0 Å². The highest BCUT2D eigenvalue weighted by atomic mass is 16.5. The van der Waals surface area contributed by atoms with Crippen molar-refractivity contribution in [2.24, 2.45) is 4.99 Å². The summed E-state index contributed by atoms with van der Waals surface area (Å²) in [6, 6.07) is 3.55. The van der Waals surface area contributed by atoms with Crippen LogP contribution in [0.25, 0.3) is 11.1 Å². The molecule has 2 aromatic rings. The van der Waals surface area contributed by atoms with Crippen molar-refractivity contribution in [1.29, 1.82) is 0 Å². The molecule has 3 rings (SSSR count). The largest absolute Gasteiger partial charge is 0.468 e. The normalized spacial score (nSPS) is 13.7. The Labute approximate surface area is 120 Å². The quantitative estimate of drug-likeness (QED) is 0.729. The van der Waals surface area contributed by atoms with Crippen molar-refractivity contribution in [3.05, 3.63) is 51.8 Å². The van der Waals surface area contributed by atoms with Gasteiger partial charge in [-0.1, -0.05) is 6.08 Å². The Morgan fingerprint density at radius 3 is 3.05 bits per heavy atom. The van der Waals surface area contributed by atoms with Gasteiger partial charge in [0.2, 0.25) is 0 Å². The molecule has 0 aromatic carbocycles. The molecule has 2 aromatic heterocycles. The maximum atomic E-state index is 12.6. The third kappa shape index (κ3) is 2.08. The zero-order valence-electron chi connectivity index (χ0n) is 11.9. The van der Waals surface area contributed by atoms with Crippen molar-refractivity contribution in [2.45, 2.75) is 19.9 Å². The lowest BCUT2D eigenvalue weighted by Crippen LogP contribution is -2.48. The Bertz CT molecular complexity index is 931. The van der Waals surface area contributed by atoms with Crippen LogP contribution in [0.5, 0.6) is 0 Å². The number of fused-ring (bicyclic) bond motifs is 3. The number of esters is 1. The van der Waals surface area contributed by atoms with Gasteiger partial charge in [0, 0.05) is 12.4 Å². The van der Waals surface area contributed by atoms with Crippen molar-refractivity contribution < 1.29 is 9.53 Å². The fourth-order valence-electron chi connectivity index (χ4n) is 2.54. The molecule has 1 aliphatic rings. The van der Waals surface area contributed by atoms with E-state index in [0.29, 0.717) is 11.0 Å². The first-order valence-electron chi connectivity index (χ1n) is 6.63. The summed E-state index contributed by atoms with van der Waals surface area (Å²) in [7, 11) is 1.30. The number of rotatable bonds is 2. The number of carbonyl (C=O) groups excluding carboxylic acids is 1. The molecule has 21 heavy (non-hydrogen) atoms. The topological polar surface area (TPSA) is 65.1 Å². The molecule has 0 atom stereocenters. The van der Waals surface area contributed by atoms with E-state index in [2.05, 4.69) is 9.73 Å². The van der Waals surface area contributed by atoms with Crippen molar-refractivity contribution in [3.63, 3.8) is 0 Å². The van der Waals surface area contributed by atoms with Gasteiger partial charge in [-0.2, -0.15) is 0 Å². The molecule has 0 saturated carbocycles. The Kier molecular flexibility index (Phi) is 3.21. The zero-order valence-corrected chi connectivity index (χ0v) is 11.9. The second-order valence-corrected chi connectivity index (χ2v) is 4.90. The molecule has 0 radical (unpaired) electrons. The van der Waals surface area contributed by atoms with E-state index in [-0.39, 0.29) is 12.1 Å². The van der Waals surface area contributed by atoms with Crippen LogP contribution in [-0.4, -0.2) is 22.0 Å². The number of ether oxygens (including phenoxy) is 1. The van der Waals surface area contributed by atoms with Crippen LogP contribution in [0.4, 0.5) is 0 Å². The van der Waals surface area contributed by atoms with Gasteiger partial charge in [0.1, 0.15) is 12.1 Å². The molecular formula is C15H15N3O3. The zero-order chi connectivity index (χ0) is 15.0. The number of methoxy groups -OCH3 is 1. The van der Waals surface area contributed by atoms with Crippen molar-refractivity contribution in [2.75, 3.05) is 7.11 Å². The van der Waals surface area contributed by atoms with Crippen LogP contribution in [0.2, 0.25) is 0 Å². The lowest BCUT2D eigenvalue weighted by molar-refractivity contribution is -0.141. The number of allylic oxidation sites excluding steroid dienone is 1. The Hall–Kier alpha value is -2.63. The van der Waals surface area contributed by atoms with Gasteiger partial charge in [-0.3, -0.25) is 14.2 Å². The minimum Gasteiger partial charge on any atom is -0.468 e. The average Bonchev–Trinajstić information content (AvgIpc) is 2.88. The monoisotopic (exact) mass is 285 g/mol. The van der Waals surface area contributed by atoms with E-state index in [0.717, 1.165) is 17.3 Å². The molecule has 0 amide bonds. The molecule has 0 saturated heterocycles. The van der Waals surface area contributed by atoms with Crippen LogP contribution in [0.3, 0.4) is 0 Å². The predicted octanol–water partition coefficient (Wildman–Crippen LogP) is -0.0184. The SMILES string of the molecule is COC(=O)Cn1c2c(n3cccc3c1=O)=C(C)CC=CN=2. The summed E-state index contributed by atoms with van der Waals surface area (Å²) in [6.45, 7) is 1.85. The Morgan fingerprint density at radius 2 is 2.29 bits per heavy atom. The van der Waals surface area contributed by atoms with E-state index in [1.807, 2.05) is 29.7 Å². The summed E-state index contributed by atoms with van der Waals surface area (Å²) in [5.74, 6) is -0.476. The molecule has 3 heterocycles. The summed E-state index contributed by atoms with van der Waals surface area (Å²) < 4.78 is 7.88. The Balaban J connectivity index is 2.51.